The summed E-state index contributed by atoms with van der Waals surface area (Å²) in [5, 5.41) is 2.46. The van der Waals surface area contributed by atoms with E-state index >= 15 is 0 Å². The number of carbonyl (C=O) groups is 1. The predicted molar refractivity (Wildman–Crippen MR) is 105 cm³/mol. The maximum atomic E-state index is 12.9. The zero-order valence-corrected chi connectivity index (χ0v) is 15.9. The van der Waals surface area contributed by atoms with Gasteiger partial charge in [-0.3, -0.25) is 14.6 Å². The predicted octanol–water partition coefficient (Wildman–Crippen LogP) is 4.05. The third kappa shape index (κ3) is 5.17. The highest BCUT2D eigenvalue weighted by atomic mass is 32.2. The Morgan fingerprint density at radius 3 is 2.30 bits per heavy atom. The average Bonchev–Trinajstić information content (AvgIpc) is 2.69. The number of amides is 1. The normalized spacial score (nSPS) is 11.3. The van der Waals surface area contributed by atoms with Crippen LogP contribution in [0.15, 0.2) is 58.5 Å². The van der Waals surface area contributed by atoms with Crippen molar-refractivity contribution in [3.05, 3.63) is 81.4 Å². The number of nitrogens with zero attached hydrogens (tertiary/aromatic N) is 1. The van der Waals surface area contributed by atoms with E-state index in [1.54, 1.807) is 0 Å². The van der Waals surface area contributed by atoms with Gasteiger partial charge in [0.25, 0.3) is 11.5 Å². The van der Waals surface area contributed by atoms with E-state index < -0.39 is 29.0 Å². The van der Waals surface area contributed by atoms with Crippen molar-refractivity contribution in [1.29, 1.82) is 0 Å². The van der Waals surface area contributed by atoms with Crippen LogP contribution in [0.5, 0.6) is 0 Å². The Kier molecular flexibility index (Phi) is 6.11. The molecule has 3 aromatic rings. The molecule has 0 atom stereocenters. The van der Waals surface area contributed by atoms with Crippen molar-refractivity contribution in [3.8, 4) is 0 Å². The number of alkyl halides is 3. The lowest BCUT2D eigenvalue weighted by molar-refractivity contribution is -0.137. The highest BCUT2D eigenvalue weighted by Gasteiger charge is 2.29. The van der Waals surface area contributed by atoms with Crippen LogP contribution in [0.25, 0.3) is 0 Å². The quantitative estimate of drug-likeness (QED) is 0.317. The number of H-pyrrole nitrogens is 1. The first-order chi connectivity index (χ1) is 14.1. The van der Waals surface area contributed by atoms with Gasteiger partial charge in [-0.2, -0.15) is 13.2 Å². The Hall–Kier alpha value is -3.34. The van der Waals surface area contributed by atoms with Gasteiger partial charge in [-0.25, -0.2) is 9.37 Å². The summed E-state index contributed by atoms with van der Waals surface area (Å²) in [7, 11) is 0. The summed E-state index contributed by atoms with van der Waals surface area (Å²) in [5.74, 6) is -1.18. The molecule has 156 valence electrons. The molecule has 2 aromatic carbocycles. The summed E-state index contributed by atoms with van der Waals surface area (Å²) < 4.78 is 50.7. The minimum absolute atomic E-state index is 0.121. The van der Waals surface area contributed by atoms with E-state index in [0.29, 0.717) is 5.56 Å². The Labute approximate surface area is 171 Å². The maximum absolute atomic E-state index is 12.9. The lowest BCUT2D eigenvalue weighted by Gasteiger charge is -2.09. The van der Waals surface area contributed by atoms with Gasteiger partial charge >= 0.3 is 6.18 Å². The zero-order chi connectivity index (χ0) is 21.9. The van der Waals surface area contributed by atoms with Gasteiger partial charge in [-0.15, -0.1) is 0 Å². The fourth-order valence-electron chi connectivity index (χ4n) is 2.39. The number of hydrogen-bond donors (Lipinski definition) is 3. The fraction of sp³-hybridized carbons (Fsp3) is 0.105. The van der Waals surface area contributed by atoms with Crippen LogP contribution < -0.4 is 16.6 Å². The number of aromatic nitrogens is 2. The van der Waals surface area contributed by atoms with Crippen LogP contribution in [0.2, 0.25) is 0 Å². The van der Waals surface area contributed by atoms with Crippen molar-refractivity contribution in [2.75, 3.05) is 11.1 Å². The Morgan fingerprint density at radius 2 is 1.73 bits per heavy atom. The SMILES string of the molecule is Nc1nc(SCc2ccc(C(F)(F)F)cc2)[nH]c(=O)c1NC(=O)c1ccc(F)cc1. The van der Waals surface area contributed by atoms with Crippen molar-refractivity contribution in [3.63, 3.8) is 0 Å². The molecule has 0 bridgehead atoms. The number of rotatable bonds is 5. The summed E-state index contributed by atoms with van der Waals surface area (Å²) in [6.07, 6.45) is -4.42. The fourth-order valence-corrected chi connectivity index (χ4v) is 3.21. The van der Waals surface area contributed by atoms with Crippen molar-refractivity contribution in [2.45, 2.75) is 17.1 Å². The lowest BCUT2D eigenvalue weighted by atomic mass is 10.1. The second-order valence-electron chi connectivity index (χ2n) is 6.08. The first-order valence-corrected chi connectivity index (χ1v) is 9.37. The van der Waals surface area contributed by atoms with Crippen LogP contribution in [0.4, 0.5) is 29.1 Å². The first-order valence-electron chi connectivity index (χ1n) is 8.39. The third-order valence-electron chi connectivity index (χ3n) is 3.93. The first kappa shape index (κ1) is 21.4. The van der Waals surface area contributed by atoms with Crippen molar-refractivity contribution in [1.82, 2.24) is 9.97 Å². The summed E-state index contributed by atoms with van der Waals surface area (Å²) in [6, 6.07) is 9.28. The largest absolute Gasteiger partial charge is 0.416 e. The topological polar surface area (TPSA) is 101 Å². The lowest BCUT2D eigenvalue weighted by Crippen LogP contribution is -2.23. The third-order valence-corrected chi connectivity index (χ3v) is 4.87. The summed E-state index contributed by atoms with van der Waals surface area (Å²) in [6.45, 7) is 0. The zero-order valence-electron chi connectivity index (χ0n) is 15.1. The molecule has 1 amide bonds. The Morgan fingerprint density at radius 1 is 1.10 bits per heavy atom. The molecule has 3 rings (SSSR count). The summed E-state index contributed by atoms with van der Waals surface area (Å²) in [4.78, 5) is 30.9. The van der Waals surface area contributed by atoms with Gasteiger partial charge in [0.15, 0.2) is 11.0 Å². The number of hydrogen-bond acceptors (Lipinski definition) is 5. The molecular formula is C19H14F4N4O2S. The number of nitrogens with two attached hydrogens (primary N) is 1. The second-order valence-corrected chi connectivity index (χ2v) is 7.04. The number of nitrogen functional groups attached to an aromatic ring is 1. The minimum atomic E-state index is -4.42. The highest BCUT2D eigenvalue weighted by Crippen LogP contribution is 2.30. The van der Waals surface area contributed by atoms with Crippen LogP contribution in [0.3, 0.4) is 0 Å². The number of carbonyl (C=O) groups excluding carboxylic acids is 1. The van der Waals surface area contributed by atoms with Crippen LogP contribution in [-0.4, -0.2) is 15.9 Å². The maximum Gasteiger partial charge on any atom is 0.416 e. The molecule has 0 aliphatic rings. The number of thioether (sulfide) groups is 1. The van der Waals surface area contributed by atoms with E-state index in [0.717, 1.165) is 36.0 Å². The van der Waals surface area contributed by atoms with Crippen LogP contribution in [0.1, 0.15) is 21.5 Å². The Balaban J connectivity index is 1.69. The van der Waals surface area contributed by atoms with Gasteiger partial charge in [0.2, 0.25) is 0 Å². The van der Waals surface area contributed by atoms with E-state index in [9.17, 15) is 27.2 Å². The molecule has 30 heavy (non-hydrogen) atoms. The molecular weight excluding hydrogens is 424 g/mol. The molecule has 0 aliphatic carbocycles. The average molecular weight is 438 g/mol. The van der Waals surface area contributed by atoms with Crippen molar-refractivity contribution in [2.24, 2.45) is 0 Å². The van der Waals surface area contributed by atoms with E-state index in [-0.39, 0.29) is 28.0 Å². The molecule has 0 saturated carbocycles. The molecule has 0 fully saturated rings. The standard InChI is InChI=1S/C19H14F4N4O2S/c20-13-7-3-11(4-8-13)16(28)25-14-15(24)26-18(27-17(14)29)30-9-10-1-5-12(6-2-10)19(21,22)23/h1-8H,9H2,(H,25,28)(H3,24,26,27,29). The van der Waals surface area contributed by atoms with E-state index in [2.05, 4.69) is 15.3 Å². The monoisotopic (exact) mass is 438 g/mol. The second kappa shape index (κ2) is 8.57. The summed E-state index contributed by atoms with van der Waals surface area (Å²) in [5.41, 5.74) is 4.75. The van der Waals surface area contributed by atoms with E-state index in [4.69, 9.17) is 5.73 Å². The molecule has 0 saturated heterocycles. The highest BCUT2D eigenvalue weighted by molar-refractivity contribution is 7.98. The smallest absolute Gasteiger partial charge is 0.382 e. The van der Waals surface area contributed by atoms with Gasteiger partial charge in [0.05, 0.1) is 5.56 Å². The molecule has 1 aromatic heterocycles. The molecule has 0 unspecified atom stereocenters. The Bertz CT molecular complexity index is 1110. The molecule has 0 spiro atoms. The van der Waals surface area contributed by atoms with Crippen LogP contribution in [-0.2, 0) is 11.9 Å². The number of halogens is 4. The molecule has 0 radical (unpaired) electrons. The van der Waals surface area contributed by atoms with Crippen molar-refractivity contribution >= 4 is 29.2 Å². The number of benzene rings is 2. The van der Waals surface area contributed by atoms with Gasteiger partial charge < -0.3 is 11.1 Å². The molecule has 1 heterocycles. The molecule has 6 nitrogen and oxygen atoms in total. The molecule has 11 heteroatoms. The van der Waals surface area contributed by atoms with Gasteiger partial charge in [-0.1, -0.05) is 23.9 Å². The minimum Gasteiger partial charge on any atom is -0.382 e. The van der Waals surface area contributed by atoms with Gasteiger partial charge in [-0.05, 0) is 42.0 Å². The van der Waals surface area contributed by atoms with Crippen LogP contribution >= 0.6 is 11.8 Å². The van der Waals surface area contributed by atoms with E-state index in [1.165, 1.54) is 24.3 Å². The van der Waals surface area contributed by atoms with Crippen molar-refractivity contribution < 1.29 is 22.4 Å². The van der Waals surface area contributed by atoms with Crippen LogP contribution in [0, 0.1) is 5.82 Å². The van der Waals surface area contributed by atoms with E-state index in [1.807, 2.05) is 0 Å². The summed E-state index contributed by atoms with van der Waals surface area (Å²) >= 11 is 1.06. The van der Waals surface area contributed by atoms with Gasteiger partial charge in [0, 0.05) is 11.3 Å². The number of nitrogens with one attached hydrogen (secondary N) is 2. The molecule has 4 N–H and O–H groups in total. The number of anilines is 2. The van der Waals surface area contributed by atoms with Gasteiger partial charge in [0.1, 0.15) is 11.5 Å². The number of aromatic amines is 1. The molecule has 0 aliphatic heterocycles.